The number of nitrogen functional groups attached to an aromatic ring is 1. The maximum atomic E-state index is 12.7. The highest BCUT2D eigenvalue weighted by Gasteiger charge is 2.39. The molecule has 0 bridgehead atoms. The number of carboxylic acid groups (broad SMARTS) is 1. The highest BCUT2D eigenvalue weighted by molar-refractivity contribution is 7.17. The Morgan fingerprint density at radius 3 is 2.76 bits per heavy atom. The van der Waals surface area contributed by atoms with Crippen LogP contribution in [0.2, 0.25) is 0 Å². The molecule has 0 spiro atoms. The molecule has 0 saturated heterocycles. The van der Waals surface area contributed by atoms with Crippen LogP contribution in [-0.2, 0) is 11.2 Å². The molecule has 2 heterocycles. The van der Waals surface area contributed by atoms with Crippen molar-refractivity contribution in [2.24, 2.45) is 0 Å². The largest absolute Gasteiger partial charge is 0.480 e. The average Bonchev–Trinajstić information content (AvgIpc) is 2.98. The smallest absolute Gasteiger partial charge is 0.327 e. The summed E-state index contributed by atoms with van der Waals surface area (Å²) in [5, 5.41) is 9.70. The third-order valence-corrected chi connectivity index (χ3v) is 4.46. The van der Waals surface area contributed by atoms with E-state index in [2.05, 4.69) is 4.98 Å². The van der Waals surface area contributed by atoms with E-state index in [1.807, 2.05) is 12.1 Å². The number of aryl methyl sites for hydroxylation is 1. The number of aromatic nitrogens is 1. The fraction of sp³-hybridized carbons (Fsp3) is 0.214. The van der Waals surface area contributed by atoms with Crippen LogP contribution in [-0.4, -0.2) is 28.0 Å². The molecule has 0 aliphatic carbocycles. The van der Waals surface area contributed by atoms with Gasteiger partial charge in [-0.1, -0.05) is 29.5 Å². The maximum absolute atomic E-state index is 12.7. The van der Waals surface area contributed by atoms with Gasteiger partial charge >= 0.3 is 5.97 Å². The van der Waals surface area contributed by atoms with E-state index < -0.39 is 12.0 Å². The molecule has 21 heavy (non-hydrogen) atoms. The van der Waals surface area contributed by atoms with Crippen molar-refractivity contribution in [1.29, 1.82) is 0 Å². The Morgan fingerprint density at radius 2 is 2.14 bits per heavy atom. The lowest BCUT2D eigenvalue weighted by Crippen LogP contribution is -2.42. The number of carboxylic acids is 1. The zero-order valence-electron chi connectivity index (χ0n) is 11.2. The fourth-order valence-corrected chi connectivity index (χ4v) is 3.33. The van der Waals surface area contributed by atoms with Crippen molar-refractivity contribution in [3.05, 3.63) is 40.4 Å². The molecular formula is C14H13N3O3S. The molecule has 108 valence electrons. The fourth-order valence-electron chi connectivity index (χ4n) is 2.56. The summed E-state index contributed by atoms with van der Waals surface area (Å²) in [4.78, 5) is 30.0. The lowest BCUT2D eigenvalue weighted by molar-refractivity contribution is -0.138. The van der Waals surface area contributed by atoms with Crippen LogP contribution in [0.4, 0.5) is 10.8 Å². The van der Waals surface area contributed by atoms with E-state index in [1.54, 1.807) is 19.1 Å². The second-order valence-corrected chi connectivity index (χ2v) is 5.86. The number of aliphatic carboxylic acids is 1. The number of fused-ring (bicyclic) bond motifs is 1. The second kappa shape index (κ2) is 4.85. The SMILES string of the molecule is Cc1nc(N)sc1C(=O)N1c2ccccc2CC1C(=O)O. The third-order valence-electron chi connectivity index (χ3n) is 3.49. The van der Waals surface area contributed by atoms with Gasteiger partial charge in [-0.15, -0.1) is 0 Å². The summed E-state index contributed by atoms with van der Waals surface area (Å²) in [7, 11) is 0. The molecule has 1 aliphatic rings. The number of anilines is 2. The van der Waals surface area contributed by atoms with Crippen LogP contribution in [0.25, 0.3) is 0 Å². The molecule has 0 fully saturated rings. The highest BCUT2D eigenvalue weighted by atomic mass is 32.1. The van der Waals surface area contributed by atoms with Gasteiger partial charge in [0.1, 0.15) is 10.9 Å². The number of amides is 1. The number of nitrogens with zero attached hydrogens (tertiary/aromatic N) is 2. The van der Waals surface area contributed by atoms with Crippen molar-refractivity contribution >= 4 is 34.0 Å². The standard InChI is InChI=1S/C14H13N3O3S/c1-7-11(21-14(15)16-7)12(18)17-9-5-3-2-4-8(9)6-10(17)13(19)20/h2-5,10H,6H2,1H3,(H2,15,16)(H,19,20). The normalized spacial score (nSPS) is 16.8. The van der Waals surface area contributed by atoms with E-state index in [0.29, 0.717) is 27.8 Å². The highest BCUT2D eigenvalue weighted by Crippen LogP contribution is 2.35. The van der Waals surface area contributed by atoms with Gasteiger partial charge in [-0.2, -0.15) is 0 Å². The number of carbonyl (C=O) groups excluding carboxylic acids is 1. The van der Waals surface area contributed by atoms with E-state index in [-0.39, 0.29) is 5.91 Å². The van der Waals surface area contributed by atoms with Crippen LogP contribution in [0.15, 0.2) is 24.3 Å². The van der Waals surface area contributed by atoms with Gasteiger partial charge in [0.15, 0.2) is 5.13 Å². The van der Waals surface area contributed by atoms with Crippen molar-refractivity contribution < 1.29 is 14.7 Å². The Morgan fingerprint density at radius 1 is 1.43 bits per heavy atom. The predicted molar refractivity (Wildman–Crippen MR) is 79.6 cm³/mol. The van der Waals surface area contributed by atoms with E-state index in [4.69, 9.17) is 5.73 Å². The number of para-hydroxylation sites is 1. The Labute approximate surface area is 124 Å². The zero-order chi connectivity index (χ0) is 15.1. The molecule has 1 amide bonds. The van der Waals surface area contributed by atoms with E-state index in [0.717, 1.165) is 16.9 Å². The summed E-state index contributed by atoms with van der Waals surface area (Å²) < 4.78 is 0. The summed E-state index contributed by atoms with van der Waals surface area (Å²) in [5.41, 5.74) is 7.64. The van der Waals surface area contributed by atoms with Crippen molar-refractivity contribution in [2.75, 3.05) is 10.6 Å². The van der Waals surface area contributed by atoms with Gasteiger partial charge in [0.25, 0.3) is 5.91 Å². The van der Waals surface area contributed by atoms with Crippen molar-refractivity contribution in [3.8, 4) is 0 Å². The van der Waals surface area contributed by atoms with E-state index in [9.17, 15) is 14.7 Å². The minimum Gasteiger partial charge on any atom is -0.480 e. The van der Waals surface area contributed by atoms with Gasteiger partial charge in [-0.3, -0.25) is 9.69 Å². The molecule has 6 nitrogen and oxygen atoms in total. The molecule has 0 radical (unpaired) electrons. The third kappa shape index (κ3) is 2.15. The molecule has 7 heteroatoms. The van der Waals surface area contributed by atoms with Gasteiger partial charge in [0.05, 0.1) is 5.69 Å². The van der Waals surface area contributed by atoms with Gasteiger partial charge in [0, 0.05) is 12.1 Å². The monoisotopic (exact) mass is 303 g/mol. The Bertz CT molecular complexity index is 741. The van der Waals surface area contributed by atoms with Gasteiger partial charge in [-0.05, 0) is 18.6 Å². The molecule has 3 N–H and O–H groups in total. The second-order valence-electron chi connectivity index (χ2n) is 4.83. The lowest BCUT2D eigenvalue weighted by Gasteiger charge is -2.22. The summed E-state index contributed by atoms with van der Waals surface area (Å²) in [6.07, 6.45) is 0.310. The molecule has 2 aromatic rings. The van der Waals surface area contributed by atoms with E-state index in [1.165, 1.54) is 4.90 Å². The number of rotatable bonds is 2. The first kappa shape index (κ1) is 13.6. The zero-order valence-corrected chi connectivity index (χ0v) is 12.1. The first-order valence-corrected chi connectivity index (χ1v) is 7.18. The minimum atomic E-state index is -1.02. The van der Waals surface area contributed by atoms with Gasteiger partial charge in [-0.25, -0.2) is 9.78 Å². The van der Waals surface area contributed by atoms with Crippen LogP contribution < -0.4 is 10.6 Å². The topological polar surface area (TPSA) is 96.5 Å². The molecule has 1 aliphatic heterocycles. The molecule has 1 aromatic heterocycles. The van der Waals surface area contributed by atoms with Crippen molar-refractivity contribution in [3.63, 3.8) is 0 Å². The number of nitrogens with two attached hydrogens (primary N) is 1. The van der Waals surface area contributed by atoms with Crippen LogP contribution >= 0.6 is 11.3 Å². The summed E-state index contributed by atoms with van der Waals surface area (Å²) >= 11 is 1.08. The van der Waals surface area contributed by atoms with Crippen LogP contribution in [0.3, 0.4) is 0 Å². The van der Waals surface area contributed by atoms with Crippen molar-refractivity contribution in [2.45, 2.75) is 19.4 Å². The van der Waals surface area contributed by atoms with E-state index >= 15 is 0 Å². The first-order chi connectivity index (χ1) is 9.99. The number of hydrogen-bond acceptors (Lipinski definition) is 5. The number of thiazole rings is 1. The Hall–Kier alpha value is -2.41. The minimum absolute atomic E-state index is 0.301. The number of carbonyl (C=O) groups is 2. The number of hydrogen-bond donors (Lipinski definition) is 2. The average molecular weight is 303 g/mol. The predicted octanol–water partition coefficient (Wildman–Crippen LogP) is 1.69. The summed E-state index contributed by atoms with van der Waals surface area (Å²) in [6, 6.07) is 6.33. The first-order valence-electron chi connectivity index (χ1n) is 6.36. The molecule has 1 atom stereocenters. The van der Waals surface area contributed by atoms with Gasteiger partial charge < -0.3 is 10.8 Å². The molecule has 0 saturated carbocycles. The summed E-state index contributed by atoms with van der Waals surface area (Å²) in [5.74, 6) is -1.38. The van der Waals surface area contributed by atoms with Crippen LogP contribution in [0, 0.1) is 6.92 Å². The Balaban J connectivity index is 2.07. The molecule has 3 rings (SSSR count). The molecule has 1 aromatic carbocycles. The Kier molecular flexibility index (Phi) is 3.13. The molecular weight excluding hydrogens is 290 g/mol. The summed E-state index contributed by atoms with van der Waals surface area (Å²) in [6.45, 7) is 1.69. The van der Waals surface area contributed by atoms with Crippen molar-refractivity contribution in [1.82, 2.24) is 4.98 Å². The maximum Gasteiger partial charge on any atom is 0.327 e. The quantitative estimate of drug-likeness (QED) is 0.880. The van der Waals surface area contributed by atoms with Crippen LogP contribution in [0.5, 0.6) is 0 Å². The van der Waals surface area contributed by atoms with Gasteiger partial charge in [0.2, 0.25) is 0 Å². The lowest BCUT2D eigenvalue weighted by atomic mass is 10.1. The number of benzene rings is 1. The molecule has 1 unspecified atom stereocenters. The van der Waals surface area contributed by atoms with Crippen LogP contribution in [0.1, 0.15) is 20.9 Å².